The van der Waals surface area contributed by atoms with Crippen LogP contribution in [0.5, 0.6) is 6.01 Å². The second kappa shape index (κ2) is 5.44. The number of nitrogen functional groups attached to an aromatic ring is 1. The maximum Gasteiger partial charge on any atom is 0.322 e. The molecule has 0 bridgehead atoms. The Kier molecular flexibility index (Phi) is 3.71. The number of aromatic nitrogens is 3. The molecular weight excluding hydrogens is 251 g/mol. The highest BCUT2D eigenvalue weighted by Gasteiger charge is 2.14. The van der Waals surface area contributed by atoms with Crippen LogP contribution in [0, 0.1) is 5.82 Å². The van der Waals surface area contributed by atoms with Gasteiger partial charge in [-0.25, -0.2) is 10.2 Å². The normalized spacial score (nSPS) is 10.1. The van der Waals surface area contributed by atoms with E-state index in [1.807, 2.05) is 0 Å². The van der Waals surface area contributed by atoms with E-state index in [9.17, 15) is 4.39 Å². The first kappa shape index (κ1) is 13.0. The minimum absolute atomic E-state index is 0.0844. The molecule has 0 saturated carbocycles. The fourth-order valence-corrected chi connectivity index (χ4v) is 1.48. The first-order valence-corrected chi connectivity index (χ1v) is 5.40. The summed E-state index contributed by atoms with van der Waals surface area (Å²) in [4.78, 5) is 13.4. The molecule has 1 heterocycles. The van der Waals surface area contributed by atoms with Crippen LogP contribution in [-0.4, -0.2) is 29.1 Å². The monoisotopic (exact) mass is 264 g/mol. The van der Waals surface area contributed by atoms with Gasteiger partial charge in [-0.1, -0.05) is 12.1 Å². The number of benzene rings is 1. The zero-order valence-corrected chi connectivity index (χ0v) is 10.5. The standard InChI is InChI=1S/C11H13FN6O/c1-18(8-6-4-3-5-7(8)12)10-14-9(17-13)15-11(16-10)19-2/h3-6H,13H2,1-2H3,(H,14,15,16,17). The van der Waals surface area contributed by atoms with Crippen LogP contribution in [0.15, 0.2) is 24.3 Å². The Bertz CT molecular complexity index is 557. The number of hydrogen-bond donors (Lipinski definition) is 2. The average molecular weight is 264 g/mol. The molecule has 19 heavy (non-hydrogen) atoms. The molecular formula is C11H13FN6O. The Morgan fingerprint density at radius 3 is 2.63 bits per heavy atom. The summed E-state index contributed by atoms with van der Waals surface area (Å²) >= 11 is 0. The van der Waals surface area contributed by atoms with Crippen LogP contribution in [0.2, 0.25) is 0 Å². The van der Waals surface area contributed by atoms with Crippen molar-refractivity contribution < 1.29 is 9.13 Å². The van der Waals surface area contributed by atoms with Crippen molar-refractivity contribution in [1.29, 1.82) is 0 Å². The maximum atomic E-state index is 13.7. The number of hydrogen-bond acceptors (Lipinski definition) is 7. The van der Waals surface area contributed by atoms with Gasteiger partial charge in [0.1, 0.15) is 5.82 Å². The van der Waals surface area contributed by atoms with Crippen molar-refractivity contribution >= 4 is 17.6 Å². The van der Waals surface area contributed by atoms with Crippen LogP contribution < -0.4 is 20.9 Å². The lowest BCUT2D eigenvalue weighted by atomic mass is 10.3. The number of ether oxygens (including phenoxy) is 1. The van der Waals surface area contributed by atoms with Crippen LogP contribution >= 0.6 is 0 Å². The molecule has 3 N–H and O–H groups in total. The molecule has 100 valence electrons. The maximum absolute atomic E-state index is 13.7. The molecule has 1 aromatic heterocycles. The van der Waals surface area contributed by atoms with Gasteiger partial charge in [0.25, 0.3) is 0 Å². The highest BCUT2D eigenvalue weighted by atomic mass is 19.1. The molecule has 0 unspecified atom stereocenters. The third-order valence-electron chi connectivity index (χ3n) is 2.43. The van der Waals surface area contributed by atoms with Gasteiger partial charge in [0.05, 0.1) is 12.8 Å². The molecule has 0 radical (unpaired) electrons. The largest absolute Gasteiger partial charge is 0.467 e. The molecule has 0 aliphatic heterocycles. The Morgan fingerprint density at radius 1 is 1.26 bits per heavy atom. The number of para-hydroxylation sites is 1. The predicted octanol–water partition coefficient (Wildman–Crippen LogP) is 1.07. The lowest BCUT2D eigenvalue weighted by molar-refractivity contribution is 0.379. The van der Waals surface area contributed by atoms with E-state index in [4.69, 9.17) is 10.6 Å². The van der Waals surface area contributed by atoms with Crippen molar-refractivity contribution in [1.82, 2.24) is 15.0 Å². The fourth-order valence-electron chi connectivity index (χ4n) is 1.48. The number of hydrazine groups is 1. The van der Waals surface area contributed by atoms with Gasteiger partial charge in [0.2, 0.25) is 11.9 Å². The lowest BCUT2D eigenvalue weighted by Crippen LogP contribution is -2.18. The summed E-state index contributed by atoms with van der Waals surface area (Å²) in [5, 5.41) is 0. The number of anilines is 3. The van der Waals surface area contributed by atoms with E-state index in [0.717, 1.165) is 0 Å². The Labute approximate surface area is 109 Å². The highest BCUT2D eigenvalue weighted by molar-refractivity contribution is 5.57. The van der Waals surface area contributed by atoms with Gasteiger partial charge in [0, 0.05) is 7.05 Å². The number of rotatable bonds is 4. The van der Waals surface area contributed by atoms with Gasteiger partial charge < -0.3 is 9.64 Å². The van der Waals surface area contributed by atoms with E-state index in [2.05, 4.69) is 20.4 Å². The van der Waals surface area contributed by atoms with Crippen molar-refractivity contribution in [2.75, 3.05) is 24.5 Å². The van der Waals surface area contributed by atoms with Gasteiger partial charge in [-0.15, -0.1) is 0 Å². The highest BCUT2D eigenvalue weighted by Crippen LogP contribution is 2.24. The molecule has 2 rings (SSSR count). The number of halogens is 1. The number of methoxy groups -OCH3 is 1. The quantitative estimate of drug-likeness (QED) is 0.630. The molecule has 0 aliphatic carbocycles. The van der Waals surface area contributed by atoms with E-state index >= 15 is 0 Å². The van der Waals surface area contributed by atoms with Crippen LogP contribution in [0.4, 0.5) is 22.0 Å². The van der Waals surface area contributed by atoms with Crippen molar-refractivity contribution in [3.05, 3.63) is 30.1 Å². The van der Waals surface area contributed by atoms with Crippen LogP contribution in [-0.2, 0) is 0 Å². The minimum atomic E-state index is -0.383. The molecule has 0 fully saturated rings. The fraction of sp³-hybridized carbons (Fsp3) is 0.182. The van der Waals surface area contributed by atoms with Gasteiger partial charge in [-0.05, 0) is 12.1 Å². The van der Waals surface area contributed by atoms with Crippen molar-refractivity contribution in [2.24, 2.45) is 5.84 Å². The van der Waals surface area contributed by atoms with Gasteiger partial charge in [-0.2, -0.15) is 15.0 Å². The summed E-state index contributed by atoms with van der Waals surface area (Å²) in [6.07, 6.45) is 0. The lowest BCUT2D eigenvalue weighted by Gasteiger charge is -2.18. The molecule has 0 saturated heterocycles. The van der Waals surface area contributed by atoms with Gasteiger partial charge >= 0.3 is 6.01 Å². The van der Waals surface area contributed by atoms with E-state index in [0.29, 0.717) is 5.69 Å². The molecule has 2 aromatic rings. The smallest absolute Gasteiger partial charge is 0.322 e. The summed E-state index contributed by atoms with van der Waals surface area (Å²) in [6, 6.07) is 6.37. The van der Waals surface area contributed by atoms with Crippen molar-refractivity contribution in [3.63, 3.8) is 0 Å². The van der Waals surface area contributed by atoms with Crippen LogP contribution in [0.1, 0.15) is 0 Å². The van der Waals surface area contributed by atoms with E-state index in [1.54, 1.807) is 25.2 Å². The second-order valence-electron chi connectivity index (χ2n) is 3.60. The Balaban J connectivity index is 2.43. The summed E-state index contributed by atoms with van der Waals surface area (Å²) in [5.74, 6) is 5.22. The van der Waals surface area contributed by atoms with Crippen LogP contribution in [0.25, 0.3) is 0 Å². The molecule has 0 amide bonds. The van der Waals surface area contributed by atoms with E-state index < -0.39 is 0 Å². The average Bonchev–Trinajstić information content (AvgIpc) is 2.46. The Morgan fingerprint density at radius 2 is 2.00 bits per heavy atom. The molecule has 1 aromatic carbocycles. The van der Waals surface area contributed by atoms with Gasteiger partial charge in [-0.3, -0.25) is 5.43 Å². The van der Waals surface area contributed by atoms with E-state index in [-0.39, 0.29) is 23.7 Å². The summed E-state index contributed by atoms with van der Waals surface area (Å²) < 4.78 is 18.6. The van der Waals surface area contributed by atoms with Crippen LogP contribution in [0.3, 0.4) is 0 Å². The SMILES string of the molecule is COc1nc(NN)nc(N(C)c2ccccc2F)n1. The van der Waals surface area contributed by atoms with E-state index in [1.165, 1.54) is 18.1 Å². The first-order valence-electron chi connectivity index (χ1n) is 5.40. The predicted molar refractivity (Wildman–Crippen MR) is 68.7 cm³/mol. The zero-order valence-electron chi connectivity index (χ0n) is 10.5. The number of nitrogens with one attached hydrogen (secondary N) is 1. The summed E-state index contributed by atoms with van der Waals surface area (Å²) in [5.41, 5.74) is 2.63. The number of nitrogens with zero attached hydrogens (tertiary/aromatic N) is 4. The second-order valence-corrected chi connectivity index (χ2v) is 3.60. The third-order valence-corrected chi connectivity index (χ3v) is 2.43. The third kappa shape index (κ3) is 2.68. The molecule has 0 aliphatic rings. The zero-order chi connectivity index (χ0) is 13.8. The molecule has 0 spiro atoms. The van der Waals surface area contributed by atoms with Crippen molar-refractivity contribution in [2.45, 2.75) is 0 Å². The number of nitrogens with two attached hydrogens (primary N) is 1. The summed E-state index contributed by atoms with van der Waals surface area (Å²) in [7, 11) is 3.05. The molecule has 0 atom stereocenters. The van der Waals surface area contributed by atoms with Crippen molar-refractivity contribution in [3.8, 4) is 6.01 Å². The molecule has 8 heteroatoms. The summed E-state index contributed by atoms with van der Waals surface area (Å²) in [6.45, 7) is 0. The topological polar surface area (TPSA) is 89.2 Å². The first-order chi connectivity index (χ1) is 9.15. The van der Waals surface area contributed by atoms with Gasteiger partial charge in [0.15, 0.2) is 0 Å². The minimum Gasteiger partial charge on any atom is -0.467 e. The Hall–Kier alpha value is -2.48. The molecule has 7 nitrogen and oxygen atoms in total.